The van der Waals surface area contributed by atoms with Crippen LogP contribution in [0.4, 0.5) is 4.39 Å². The zero-order valence-electron chi connectivity index (χ0n) is 14.0. The van der Waals surface area contributed by atoms with Gasteiger partial charge in [0.05, 0.1) is 12.7 Å². The quantitative estimate of drug-likeness (QED) is 0.509. The third kappa shape index (κ3) is 5.05. The zero-order valence-corrected chi connectivity index (χ0v) is 14.0. The highest BCUT2D eigenvalue weighted by atomic mass is 19.1. The SMILES string of the molecule is CCCCCCc1ccc(Oc2ncc(C(=O)OC)cc2F)cc1. The van der Waals surface area contributed by atoms with E-state index in [1.807, 2.05) is 12.1 Å². The molecule has 24 heavy (non-hydrogen) atoms. The van der Waals surface area contributed by atoms with Crippen molar-refractivity contribution in [2.75, 3.05) is 7.11 Å². The van der Waals surface area contributed by atoms with E-state index < -0.39 is 11.8 Å². The minimum Gasteiger partial charge on any atom is -0.465 e. The molecule has 0 bridgehead atoms. The Morgan fingerprint density at radius 1 is 1.17 bits per heavy atom. The Bertz CT molecular complexity index is 671. The number of pyridine rings is 1. The molecule has 128 valence electrons. The van der Waals surface area contributed by atoms with Gasteiger partial charge in [-0.1, -0.05) is 38.3 Å². The maximum atomic E-state index is 14.0. The maximum Gasteiger partial charge on any atom is 0.339 e. The Balaban J connectivity index is 1.97. The number of ether oxygens (including phenoxy) is 2. The lowest BCUT2D eigenvalue weighted by Crippen LogP contribution is -2.03. The van der Waals surface area contributed by atoms with Crippen LogP contribution >= 0.6 is 0 Å². The van der Waals surface area contributed by atoms with Crippen molar-refractivity contribution in [1.29, 1.82) is 0 Å². The molecule has 0 saturated carbocycles. The molecule has 2 aromatic rings. The van der Waals surface area contributed by atoms with Crippen LogP contribution in [0.25, 0.3) is 0 Å². The first-order valence-corrected chi connectivity index (χ1v) is 8.14. The van der Waals surface area contributed by atoms with Crippen LogP contribution < -0.4 is 4.74 Å². The maximum absolute atomic E-state index is 14.0. The lowest BCUT2D eigenvalue weighted by Gasteiger charge is -2.08. The lowest BCUT2D eigenvalue weighted by molar-refractivity contribution is 0.0599. The second-order valence-corrected chi connectivity index (χ2v) is 5.56. The van der Waals surface area contributed by atoms with Gasteiger partial charge in [-0.3, -0.25) is 0 Å². The molecule has 5 heteroatoms. The number of benzene rings is 1. The molecule has 0 fully saturated rings. The van der Waals surface area contributed by atoms with Crippen molar-refractivity contribution in [3.05, 3.63) is 53.5 Å². The number of unbranched alkanes of at least 4 members (excludes halogenated alkanes) is 3. The predicted molar refractivity (Wildman–Crippen MR) is 89.9 cm³/mol. The number of aromatic nitrogens is 1. The molecule has 0 N–H and O–H groups in total. The van der Waals surface area contributed by atoms with Crippen LogP contribution in [0.1, 0.15) is 48.5 Å². The fourth-order valence-electron chi connectivity index (χ4n) is 2.32. The van der Waals surface area contributed by atoms with Crippen LogP contribution in [-0.2, 0) is 11.2 Å². The molecular weight excluding hydrogens is 309 g/mol. The molecular formula is C19H22FNO3. The number of rotatable bonds is 8. The molecule has 2 rings (SSSR count). The number of hydrogen-bond acceptors (Lipinski definition) is 4. The summed E-state index contributed by atoms with van der Waals surface area (Å²) in [5, 5.41) is 0. The van der Waals surface area contributed by atoms with Crippen molar-refractivity contribution in [3.8, 4) is 11.6 Å². The Labute approximate surface area is 141 Å². The van der Waals surface area contributed by atoms with E-state index in [1.165, 1.54) is 44.6 Å². The van der Waals surface area contributed by atoms with E-state index in [0.717, 1.165) is 12.5 Å². The van der Waals surface area contributed by atoms with Crippen molar-refractivity contribution in [3.63, 3.8) is 0 Å². The highest BCUT2D eigenvalue weighted by Gasteiger charge is 2.12. The van der Waals surface area contributed by atoms with E-state index in [9.17, 15) is 9.18 Å². The van der Waals surface area contributed by atoms with Crippen LogP contribution in [0.2, 0.25) is 0 Å². The number of aryl methyl sites for hydroxylation is 1. The Kier molecular flexibility index (Phi) is 6.73. The number of halogens is 1. The van der Waals surface area contributed by atoms with Crippen molar-refractivity contribution < 1.29 is 18.7 Å². The number of carbonyl (C=O) groups is 1. The molecule has 1 aromatic heterocycles. The van der Waals surface area contributed by atoms with E-state index >= 15 is 0 Å². The van der Waals surface area contributed by atoms with E-state index in [0.29, 0.717) is 5.75 Å². The molecule has 0 atom stereocenters. The minimum absolute atomic E-state index is 0.0461. The summed E-state index contributed by atoms with van der Waals surface area (Å²) < 4.78 is 23.9. The molecule has 0 unspecified atom stereocenters. The summed E-state index contributed by atoms with van der Waals surface area (Å²) in [5.74, 6) is -1.01. The molecule has 0 saturated heterocycles. The van der Waals surface area contributed by atoms with Gasteiger partial charge in [-0.15, -0.1) is 0 Å². The van der Waals surface area contributed by atoms with Crippen molar-refractivity contribution in [1.82, 2.24) is 4.98 Å². The van der Waals surface area contributed by atoms with E-state index in [2.05, 4.69) is 16.6 Å². The van der Waals surface area contributed by atoms with E-state index in [4.69, 9.17) is 4.74 Å². The topological polar surface area (TPSA) is 48.4 Å². The second kappa shape index (κ2) is 9.01. The Morgan fingerprint density at radius 2 is 1.92 bits per heavy atom. The van der Waals surface area contributed by atoms with E-state index in [1.54, 1.807) is 12.1 Å². The third-order valence-corrected chi connectivity index (χ3v) is 3.69. The summed E-state index contributed by atoms with van der Waals surface area (Å²) in [4.78, 5) is 15.2. The van der Waals surface area contributed by atoms with Crippen LogP contribution in [0.5, 0.6) is 11.6 Å². The van der Waals surface area contributed by atoms with Gasteiger partial charge in [0.15, 0.2) is 5.82 Å². The molecule has 0 radical (unpaired) electrons. The molecule has 0 spiro atoms. The van der Waals surface area contributed by atoms with Gasteiger partial charge in [-0.25, -0.2) is 14.2 Å². The number of esters is 1. The predicted octanol–water partition coefficient (Wildman–Crippen LogP) is 4.92. The molecule has 1 heterocycles. The van der Waals surface area contributed by atoms with Gasteiger partial charge in [0.25, 0.3) is 5.88 Å². The van der Waals surface area contributed by atoms with Gasteiger partial charge in [0.1, 0.15) is 5.75 Å². The Hall–Kier alpha value is -2.43. The monoisotopic (exact) mass is 331 g/mol. The summed E-state index contributed by atoms with van der Waals surface area (Å²) in [7, 11) is 1.23. The molecule has 0 aliphatic heterocycles. The largest absolute Gasteiger partial charge is 0.465 e. The van der Waals surface area contributed by atoms with Gasteiger partial charge >= 0.3 is 5.97 Å². The summed E-state index contributed by atoms with van der Waals surface area (Å²) in [5.41, 5.74) is 1.28. The first-order chi connectivity index (χ1) is 11.6. The number of carbonyl (C=O) groups excluding carboxylic acids is 1. The van der Waals surface area contributed by atoms with Gasteiger partial charge in [-0.2, -0.15) is 0 Å². The summed E-state index contributed by atoms with van der Waals surface area (Å²) >= 11 is 0. The number of methoxy groups -OCH3 is 1. The van der Waals surface area contributed by atoms with Crippen molar-refractivity contribution >= 4 is 5.97 Å². The highest BCUT2D eigenvalue weighted by Crippen LogP contribution is 2.23. The van der Waals surface area contributed by atoms with Crippen molar-refractivity contribution in [2.24, 2.45) is 0 Å². The third-order valence-electron chi connectivity index (χ3n) is 3.69. The highest BCUT2D eigenvalue weighted by molar-refractivity contribution is 5.88. The summed E-state index contributed by atoms with van der Waals surface area (Å²) in [6, 6.07) is 8.59. The lowest BCUT2D eigenvalue weighted by atomic mass is 10.1. The minimum atomic E-state index is -0.707. The molecule has 1 aromatic carbocycles. The Morgan fingerprint density at radius 3 is 2.54 bits per heavy atom. The fourth-order valence-corrected chi connectivity index (χ4v) is 2.32. The standard InChI is InChI=1S/C19H22FNO3/c1-3-4-5-6-7-14-8-10-16(11-9-14)24-18-17(20)12-15(13-21-18)19(22)23-2/h8-13H,3-7H2,1-2H3. The summed E-state index contributed by atoms with van der Waals surface area (Å²) in [6.07, 6.45) is 7.14. The average Bonchev–Trinajstić information content (AvgIpc) is 2.61. The fraction of sp³-hybridized carbons (Fsp3) is 0.368. The van der Waals surface area contributed by atoms with Gasteiger partial charge in [0, 0.05) is 6.20 Å². The normalized spacial score (nSPS) is 10.5. The molecule has 0 amide bonds. The first kappa shape index (κ1) is 17.9. The number of hydrogen-bond donors (Lipinski definition) is 0. The van der Waals surface area contributed by atoms with Crippen LogP contribution in [0, 0.1) is 5.82 Å². The van der Waals surface area contributed by atoms with Gasteiger partial charge in [-0.05, 0) is 36.6 Å². The van der Waals surface area contributed by atoms with Crippen molar-refractivity contribution in [2.45, 2.75) is 39.0 Å². The summed E-state index contributed by atoms with van der Waals surface area (Å²) in [6.45, 7) is 2.19. The van der Waals surface area contributed by atoms with Gasteiger partial charge < -0.3 is 9.47 Å². The van der Waals surface area contributed by atoms with Crippen LogP contribution in [0.3, 0.4) is 0 Å². The average molecular weight is 331 g/mol. The molecule has 4 nitrogen and oxygen atoms in total. The molecule has 0 aliphatic carbocycles. The number of nitrogens with zero attached hydrogens (tertiary/aromatic N) is 1. The second-order valence-electron chi connectivity index (χ2n) is 5.56. The van der Waals surface area contributed by atoms with Crippen LogP contribution in [-0.4, -0.2) is 18.1 Å². The zero-order chi connectivity index (χ0) is 17.4. The van der Waals surface area contributed by atoms with E-state index in [-0.39, 0.29) is 11.4 Å². The molecule has 0 aliphatic rings. The first-order valence-electron chi connectivity index (χ1n) is 8.14. The smallest absolute Gasteiger partial charge is 0.339 e. The van der Waals surface area contributed by atoms with Crippen LogP contribution in [0.15, 0.2) is 36.5 Å². The van der Waals surface area contributed by atoms with Gasteiger partial charge in [0.2, 0.25) is 0 Å².